The molecule has 3 rings (SSSR count). The fraction of sp³-hybridized carbons (Fsp3) is 0.625. The molecular formula is C16H25N3O2. The van der Waals surface area contributed by atoms with Crippen molar-refractivity contribution in [1.82, 2.24) is 9.80 Å². The fourth-order valence-corrected chi connectivity index (χ4v) is 3.29. The summed E-state index contributed by atoms with van der Waals surface area (Å²) in [7, 11) is 1.71. The molecule has 0 bridgehead atoms. The fourth-order valence-electron chi connectivity index (χ4n) is 3.29. The van der Waals surface area contributed by atoms with E-state index in [1.807, 2.05) is 6.07 Å². The largest absolute Gasteiger partial charge is 0.497 e. The molecule has 0 spiro atoms. The lowest BCUT2D eigenvalue weighted by Gasteiger charge is -2.30. The Morgan fingerprint density at radius 2 is 2.10 bits per heavy atom. The van der Waals surface area contributed by atoms with E-state index < -0.39 is 0 Å². The second kappa shape index (κ2) is 6.75. The van der Waals surface area contributed by atoms with Crippen LogP contribution in [0.5, 0.6) is 5.75 Å². The molecule has 2 aliphatic rings. The predicted octanol–water partition coefficient (Wildman–Crippen LogP) is 0.843. The summed E-state index contributed by atoms with van der Waals surface area (Å²) >= 11 is 0. The first-order valence-corrected chi connectivity index (χ1v) is 7.73. The monoisotopic (exact) mass is 291 g/mol. The zero-order chi connectivity index (χ0) is 14.7. The Balaban J connectivity index is 1.64. The molecule has 2 N–H and O–H groups in total. The van der Waals surface area contributed by atoms with Crippen molar-refractivity contribution in [3.63, 3.8) is 0 Å². The van der Waals surface area contributed by atoms with Crippen LogP contribution in [0.15, 0.2) is 18.2 Å². The first-order valence-electron chi connectivity index (χ1n) is 7.73. The van der Waals surface area contributed by atoms with Crippen molar-refractivity contribution >= 4 is 0 Å². The lowest BCUT2D eigenvalue weighted by molar-refractivity contribution is 0.0314. The molecule has 1 atom stereocenters. The van der Waals surface area contributed by atoms with Crippen LogP contribution in [0.25, 0.3) is 0 Å². The molecule has 0 amide bonds. The summed E-state index contributed by atoms with van der Waals surface area (Å²) in [5, 5.41) is 0. The van der Waals surface area contributed by atoms with E-state index >= 15 is 0 Å². The minimum atomic E-state index is 0.316. The van der Waals surface area contributed by atoms with Crippen molar-refractivity contribution in [1.29, 1.82) is 0 Å². The second-order valence-electron chi connectivity index (χ2n) is 5.74. The number of rotatable bonds is 5. The number of fused-ring (bicyclic) bond motifs is 1. The normalized spacial score (nSPS) is 23.2. The van der Waals surface area contributed by atoms with E-state index in [1.165, 1.54) is 11.1 Å². The molecule has 21 heavy (non-hydrogen) atoms. The van der Waals surface area contributed by atoms with Gasteiger partial charge in [0.2, 0.25) is 0 Å². The highest BCUT2D eigenvalue weighted by atomic mass is 16.5. The number of nitrogens with zero attached hydrogens (tertiary/aromatic N) is 2. The number of benzene rings is 1. The van der Waals surface area contributed by atoms with Gasteiger partial charge in [0.15, 0.2) is 0 Å². The Morgan fingerprint density at radius 1 is 1.29 bits per heavy atom. The number of methoxy groups -OCH3 is 1. The Labute approximate surface area is 126 Å². The maximum atomic E-state index is 6.02. The summed E-state index contributed by atoms with van der Waals surface area (Å²) in [6.45, 7) is 7.60. The van der Waals surface area contributed by atoms with Gasteiger partial charge in [-0.25, -0.2) is 0 Å². The molecule has 1 aromatic carbocycles. The van der Waals surface area contributed by atoms with Gasteiger partial charge in [-0.3, -0.25) is 9.80 Å². The Morgan fingerprint density at radius 3 is 2.81 bits per heavy atom. The van der Waals surface area contributed by atoms with Gasteiger partial charge in [0, 0.05) is 45.3 Å². The van der Waals surface area contributed by atoms with Gasteiger partial charge in [-0.2, -0.15) is 0 Å². The van der Waals surface area contributed by atoms with E-state index in [0.29, 0.717) is 12.6 Å². The van der Waals surface area contributed by atoms with Gasteiger partial charge >= 0.3 is 0 Å². The van der Waals surface area contributed by atoms with Gasteiger partial charge < -0.3 is 15.2 Å². The van der Waals surface area contributed by atoms with E-state index in [9.17, 15) is 0 Å². The smallest absolute Gasteiger partial charge is 0.119 e. The quantitative estimate of drug-likeness (QED) is 0.871. The van der Waals surface area contributed by atoms with Gasteiger partial charge in [-0.05, 0) is 23.3 Å². The molecule has 5 heteroatoms. The van der Waals surface area contributed by atoms with Crippen molar-refractivity contribution in [3.8, 4) is 5.75 Å². The molecule has 0 radical (unpaired) electrons. The molecule has 2 aliphatic heterocycles. The van der Waals surface area contributed by atoms with Crippen molar-refractivity contribution in [2.45, 2.75) is 12.6 Å². The minimum Gasteiger partial charge on any atom is -0.497 e. The van der Waals surface area contributed by atoms with Crippen molar-refractivity contribution in [2.24, 2.45) is 5.73 Å². The first-order chi connectivity index (χ1) is 10.3. The summed E-state index contributed by atoms with van der Waals surface area (Å²) in [6, 6.07) is 6.67. The number of hydrogen-bond donors (Lipinski definition) is 1. The number of nitrogens with two attached hydrogens (primary N) is 1. The summed E-state index contributed by atoms with van der Waals surface area (Å²) in [5.74, 6) is 0.919. The van der Waals surface area contributed by atoms with Gasteiger partial charge in [0.1, 0.15) is 5.75 Å². The number of ether oxygens (including phenoxy) is 2. The lowest BCUT2D eigenvalue weighted by Crippen LogP contribution is -2.41. The maximum Gasteiger partial charge on any atom is 0.119 e. The van der Waals surface area contributed by atoms with Gasteiger partial charge in [0.05, 0.1) is 20.3 Å². The van der Waals surface area contributed by atoms with Gasteiger partial charge in [-0.1, -0.05) is 6.07 Å². The van der Waals surface area contributed by atoms with Crippen LogP contribution < -0.4 is 10.5 Å². The summed E-state index contributed by atoms with van der Waals surface area (Å²) in [6.07, 6.45) is 0. The first kappa shape index (κ1) is 14.8. The third kappa shape index (κ3) is 3.21. The molecule has 2 heterocycles. The summed E-state index contributed by atoms with van der Waals surface area (Å²) in [4.78, 5) is 4.96. The second-order valence-corrected chi connectivity index (χ2v) is 5.74. The maximum absolute atomic E-state index is 6.02. The average molecular weight is 291 g/mol. The van der Waals surface area contributed by atoms with E-state index in [1.54, 1.807) is 7.11 Å². The molecule has 0 aromatic heterocycles. The third-order valence-corrected chi connectivity index (χ3v) is 4.56. The van der Waals surface area contributed by atoms with Gasteiger partial charge in [-0.15, -0.1) is 0 Å². The Hall–Kier alpha value is -1.14. The van der Waals surface area contributed by atoms with Crippen LogP contribution in [0.3, 0.4) is 0 Å². The number of morpholine rings is 1. The zero-order valence-corrected chi connectivity index (χ0v) is 12.8. The van der Waals surface area contributed by atoms with E-state index in [-0.39, 0.29) is 0 Å². The topological polar surface area (TPSA) is 51.0 Å². The van der Waals surface area contributed by atoms with Crippen LogP contribution in [0.2, 0.25) is 0 Å². The van der Waals surface area contributed by atoms with Crippen molar-refractivity contribution in [3.05, 3.63) is 29.3 Å². The molecule has 1 unspecified atom stereocenters. The van der Waals surface area contributed by atoms with Gasteiger partial charge in [0.25, 0.3) is 0 Å². The van der Waals surface area contributed by atoms with Crippen LogP contribution in [0.4, 0.5) is 0 Å². The van der Waals surface area contributed by atoms with E-state index in [4.69, 9.17) is 15.2 Å². The predicted molar refractivity (Wildman–Crippen MR) is 82.5 cm³/mol. The zero-order valence-electron chi connectivity index (χ0n) is 12.8. The van der Waals surface area contributed by atoms with Crippen LogP contribution in [0.1, 0.15) is 17.2 Å². The van der Waals surface area contributed by atoms with Crippen LogP contribution in [0, 0.1) is 0 Å². The van der Waals surface area contributed by atoms with E-state index in [2.05, 4.69) is 21.9 Å². The highest BCUT2D eigenvalue weighted by molar-refractivity contribution is 5.40. The molecular weight excluding hydrogens is 266 g/mol. The molecule has 116 valence electrons. The van der Waals surface area contributed by atoms with Crippen molar-refractivity contribution < 1.29 is 9.47 Å². The SMILES string of the molecule is COc1ccc2c(c1)C(CN)N(CCN1CCOCC1)C2. The highest BCUT2D eigenvalue weighted by Gasteiger charge is 2.29. The molecule has 5 nitrogen and oxygen atoms in total. The molecule has 1 saturated heterocycles. The van der Waals surface area contributed by atoms with Crippen LogP contribution in [-0.2, 0) is 11.3 Å². The lowest BCUT2D eigenvalue weighted by atomic mass is 10.0. The molecule has 1 fully saturated rings. The van der Waals surface area contributed by atoms with E-state index in [0.717, 1.165) is 51.7 Å². The minimum absolute atomic E-state index is 0.316. The standard InChI is InChI=1S/C16H25N3O2/c1-20-14-3-2-13-12-19(16(11-17)15(13)10-14)5-4-18-6-8-21-9-7-18/h2-3,10,16H,4-9,11-12,17H2,1H3. The molecule has 1 aromatic rings. The van der Waals surface area contributed by atoms with Crippen LogP contribution >= 0.6 is 0 Å². The molecule has 0 aliphatic carbocycles. The highest BCUT2D eigenvalue weighted by Crippen LogP contribution is 2.35. The molecule has 0 saturated carbocycles. The van der Waals surface area contributed by atoms with Crippen molar-refractivity contribution in [2.75, 3.05) is 53.0 Å². The number of hydrogen-bond acceptors (Lipinski definition) is 5. The third-order valence-electron chi connectivity index (χ3n) is 4.56. The average Bonchev–Trinajstić information content (AvgIpc) is 2.90. The summed E-state index contributed by atoms with van der Waals surface area (Å²) < 4.78 is 10.7. The Bertz CT molecular complexity index is 475. The Kier molecular flexibility index (Phi) is 4.75. The van der Waals surface area contributed by atoms with Crippen LogP contribution in [-0.4, -0.2) is 62.8 Å². The summed E-state index contributed by atoms with van der Waals surface area (Å²) in [5.41, 5.74) is 8.74.